The van der Waals surface area contributed by atoms with E-state index in [9.17, 15) is 18.4 Å². The fourth-order valence-corrected chi connectivity index (χ4v) is 2.44. The van der Waals surface area contributed by atoms with Crippen molar-refractivity contribution in [2.24, 2.45) is 0 Å². The summed E-state index contributed by atoms with van der Waals surface area (Å²) < 4.78 is 32.1. The van der Waals surface area contributed by atoms with Crippen molar-refractivity contribution < 1.29 is 23.1 Å². The Hall–Kier alpha value is -3.23. The minimum Gasteiger partial charge on any atom is -0.444 e. The van der Waals surface area contributed by atoms with Crippen molar-refractivity contribution in [3.05, 3.63) is 59.3 Å². The highest BCUT2D eigenvalue weighted by Crippen LogP contribution is 2.19. The van der Waals surface area contributed by atoms with Gasteiger partial charge in [0.15, 0.2) is 11.6 Å². The molecule has 1 heterocycles. The Balaban J connectivity index is 2.12. The fourth-order valence-electron chi connectivity index (χ4n) is 2.44. The smallest absolute Gasteiger partial charge is 0.407 e. The van der Waals surface area contributed by atoms with Crippen molar-refractivity contribution in [2.45, 2.75) is 38.8 Å². The molecule has 0 aliphatic carbocycles. The number of alkyl carbamates (subject to hydrolysis) is 1. The Kier molecular flexibility index (Phi) is 7.08. The van der Waals surface area contributed by atoms with E-state index in [1.54, 1.807) is 32.9 Å². The molecule has 4 N–H and O–H groups in total. The van der Waals surface area contributed by atoms with Crippen molar-refractivity contribution in [1.29, 1.82) is 0 Å². The quantitative estimate of drug-likeness (QED) is 0.684. The maximum absolute atomic E-state index is 13.7. The summed E-state index contributed by atoms with van der Waals surface area (Å²) >= 11 is 0. The average molecular weight is 406 g/mol. The van der Waals surface area contributed by atoms with Crippen LogP contribution in [0, 0.1) is 11.6 Å². The van der Waals surface area contributed by atoms with Gasteiger partial charge >= 0.3 is 6.09 Å². The third-order valence-corrected chi connectivity index (χ3v) is 3.83. The summed E-state index contributed by atoms with van der Waals surface area (Å²) in [5.74, 6) is -3.20. The first kappa shape index (κ1) is 22.1. The molecule has 0 spiro atoms. The molecule has 0 fully saturated rings. The first-order chi connectivity index (χ1) is 13.5. The molecular weight excluding hydrogens is 382 g/mol. The summed E-state index contributed by atoms with van der Waals surface area (Å²) in [6, 6.07) is 6.46. The van der Waals surface area contributed by atoms with Gasteiger partial charge in [-0.05, 0) is 50.1 Å². The van der Waals surface area contributed by atoms with Gasteiger partial charge in [-0.1, -0.05) is 12.1 Å². The van der Waals surface area contributed by atoms with Crippen molar-refractivity contribution in [3.8, 4) is 0 Å². The second-order valence-corrected chi connectivity index (χ2v) is 7.42. The van der Waals surface area contributed by atoms with Crippen LogP contribution in [0.4, 0.5) is 19.4 Å². The number of nitrogens with two attached hydrogens (primary N) is 1. The summed E-state index contributed by atoms with van der Waals surface area (Å²) in [6.07, 6.45) is 0.793. The number of carbonyl (C=O) groups excluding carboxylic acids is 2. The standard InChI is InChI=1S/C20H24F2N4O3/c1-20(2,3)29-19(28)26-11-14(13-5-6-15(21)16(22)8-13)18(27)25-10-12-4-7-17(23)24-9-12/h4-9,14H,10-11H2,1-3H3,(H2,23,24)(H,25,27)(H,26,28)/t14-/m0/s1. The number of nitrogen functional groups attached to an aromatic ring is 1. The molecule has 2 rings (SSSR count). The highest BCUT2D eigenvalue weighted by Gasteiger charge is 2.24. The maximum Gasteiger partial charge on any atom is 0.407 e. The molecular formula is C20H24F2N4O3. The SMILES string of the molecule is CC(C)(C)OC(=O)NC[C@H](C(=O)NCc1ccc(N)nc1)c1ccc(F)c(F)c1. The number of anilines is 1. The predicted molar refractivity (Wildman–Crippen MR) is 104 cm³/mol. The van der Waals surface area contributed by atoms with Gasteiger partial charge in [0, 0.05) is 19.3 Å². The highest BCUT2D eigenvalue weighted by atomic mass is 19.2. The van der Waals surface area contributed by atoms with Gasteiger partial charge in [0.2, 0.25) is 5.91 Å². The number of hydrogen-bond donors (Lipinski definition) is 3. The first-order valence-electron chi connectivity index (χ1n) is 8.95. The summed E-state index contributed by atoms with van der Waals surface area (Å²) in [6.45, 7) is 5.09. The van der Waals surface area contributed by atoms with Crippen LogP contribution in [-0.4, -0.2) is 29.1 Å². The van der Waals surface area contributed by atoms with Gasteiger partial charge in [-0.25, -0.2) is 18.6 Å². The molecule has 0 aliphatic rings. The number of rotatable bonds is 6. The van der Waals surface area contributed by atoms with Crippen LogP contribution in [0.3, 0.4) is 0 Å². The second kappa shape index (κ2) is 9.31. The number of carbonyl (C=O) groups is 2. The van der Waals surface area contributed by atoms with Crippen LogP contribution in [0.2, 0.25) is 0 Å². The number of hydrogen-bond acceptors (Lipinski definition) is 5. The topological polar surface area (TPSA) is 106 Å². The minimum absolute atomic E-state index is 0.152. The van der Waals surface area contributed by atoms with Gasteiger partial charge in [-0.15, -0.1) is 0 Å². The molecule has 29 heavy (non-hydrogen) atoms. The van der Waals surface area contributed by atoms with Gasteiger partial charge in [0.05, 0.1) is 5.92 Å². The maximum atomic E-state index is 13.7. The molecule has 2 amide bonds. The van der Waals surface area contributed by atoms with Crippen LogP contribution in [0.15, 0.2) is 36.5 Å². The van der Waals surface area contributed by atoms with E-state index in [-0.39, 0.29) is 18.7 Å². The van der Waals surface area contributed by atoms with Crippen LogP contribution >= 0.6 is 0 Å². The Morgan fingerprint density at radius 1 is 1.14 bits per heavy atom. The van der Waals surface area contributed by atoms with Crippen molar-refractivity contribution >= 4 is 17.8 Å². The summed E-state index contributed by atoms with van der Waals surface area (Å²) in [5.41, 5.74) is 5.73. The monoisotopic (exact) mass is 406 g/mol. The molecule has 0 bridgehead atoms. The normalized spacial score (nSPS) is 12.2. The lowest BCUT2D eigenvalue weighted by atomic mass is 9.97. The number of halogens is 2. The molecule has 2 aromatic rings. The fraction of sp³-hybridized carbons (Fsp3) is 0.350. The molecule has 0 radical (unpaired) electrons. The number of nitrogens with zero attached hydrogens (tertiary/aromatic N) is 1. The van der Waals surface area contributed by atoms with Gasteiger partial charge in [0.25, 0.3) is 0 Å². The lowest BCUT2D eigenvalue weighted by Gasteiger charge is -2.22. The van der Waals surface area contributed by atoms with E-state index in [1.807, 2.05) is 0 Å². The molecule has 0 saturated heterocycles. The van der Waals surface area contributed by atoms with E-state index >= 15 is 0 Å². The van der Waals surface area contributed by atoms with Crippen molar-refractivity contribution in [1.82, 2.24) is 15.6 Å². The van der Waals surface area contributed by atoms with Crippen LogP contribution < -0.4 is 16.4 Å². The Labute approximate surface area is 167 Å². The molecule has 9 heteroatoms. The zero-order valence-corrected chi connectivity index (χ0v) is 16.5. The third-order valence-electron chi connectivity index (χ3n) is 3.83. The minimum atomic E-state index is -1.08. The molecule has 1 aromatic carbocycles. The van der Waals surface area contributed by atoms with Crippen LogP contribution in [0.5, 0.6) is 0 Å². The Morgan fingerprint density at radius 3 is 2.45 bits per heavy atom. The van der Waals surface area contributed by atoms with E-state index in [0.29, 0.717) is 11.4 Å². The Bertz CT molecular complexity index is 867. The summed E-state index contributed by atoms with van der Waals surface area (Å²) in [7, 11) is 0. The number of ether oxygens (including phenoxy) is 1. The largest absolute Gasteiger partial charge is 0.444 e. The van der Waals surface area contributed by atoms with Gasteiger partial charge < -0.3 is 21.1 Å². The van der Waals surface area contributed by atoms with Gasteiger partial charge in [0.1, 0.15) is 11.4 Å². The zero-order chi connectivity index (χ0) is 21.6. The van der Waals surface area contributed by atoms with Crippen molar-refractivity contribution in [2.75, 3.05) is 12.3 Å². The van der Waals surface area contributed by atoms with E-state index in [2.05, 4.69) is 15.6 Å². The van der Waals surface area contributed by atoms with E-state index in [0.717, 1.165) is 12.1 Å². The first-order valence-corrected chi connectivity index (χ1v) is 8.95. The third kappa shape index (κ3) is 7.02. The molecule has 1 atom stereocenters. The van der Waals surface area contributed by atoms with E-state index < -0.39 is 35.2 Å². The number of amides is 2. The van der Waals surface area contributed by atoms with Gasteiger partial charge in [-0.2, -0.15) is 0 Å². The molecule has 0 aliphatic heterocycles. The lowest BCUT2D eigenvalue weighted by Crippen LogP contribution is -2.39. The number of pyridine rings is 1. The number of nitrogens with one attached hydrogen (secondary N) is 2. The van der Waals surface area contributed by atoms with Crippen LogP contribution in [0.25, 0.3) is 0 Å². The van der Waals surface area contributed by atoms with E-state index in [1.165, 1.54) is 12.3 Å². The second-order valence-electron chi connectivity index (χ2n) is 7.42. The molecule has 0 saturated carbocycles. The molecule has 1 aromatic heterocycles. The molecule has 7 nitrogen and oxygen atoms in total. The average Bonchev–Trinajstić information content (AvgIpc) is 2.62. The predicted octanol–water partition coefficient (Wildman–Crippen LogP) is 2.87. The highest BCUT2D eigenvalue weighted by molar-refractivity contribution is 5.84. The Morgan fingerprint density at radius 2 is 1.86 bits per heavy atom. The zero-order valence-electron chi connectivity index (χ0n) is 16.5. The van der Waals surface area contributed by atoms with Gasteiger partial charge in [-0.3, -0.25) is 4.79 Å². The van der Waals surface area contributed by atoms with Crippen LogP contribution in [0.1, 0.15) is 37.8 Å². The van der Waals surface area contributed by atoms with Crippen LogP contribution in [-0.2, 0) is 16.1 Å². The van der Waals surface area contributed by atoms with E-state index in [4.69, 9.17) is 10.5 Å². The number of aromatic nitrogens is 1. The summed E-state index contributed by atoms with van der Waals surface area (Å²) in [5, 5.41) is 5.19. The summed E-state index contributed by atoms with van der Waals surface area (Å²) in [4.78, 5) is 28.6. The molecule has 0 unspecified atom stereocenters. The van der Waals surface area contributed by atoms with Crippen molar-refractivity contribution in [3.63, 3.8) is 0 Å². The molecule has 156 valence electrons. The lowest BCUT2D eigenvalue weighted by molar-refractivity contribution is -0.122. The number of benzene rings is 1.